The zero-order valence-electron chi connectivity index (χ0n) is 13.8. The predicted octanol–water partition coefficient (Wildman–Crippen LogP) is 3.40. The molecule has 1 N–H and O–H groups in total. The van der Waals surface area contributed by atoms with E-state index in [-0.39, 0.29) is 0 Å². The SMILES string of the molecule is COc1ccc(/C=N\Nc2nc3ccccc3nc2C)cc1OC. The number of ether oxygens (including phenoxy) is 2. The Balaban J connectivity index is 1.80. The second-order valence-corrected chi connectivity index (χ2v) is 5.13. The van der Waals surface area contributed by atoms with Crippen LogP contribution in [0.1, 0.15) is 11.3 Å². The fourth-order valence-electron chi connectivity index (χ4n) is 2.30. The third-order valence-corrected chi connectivity index (χ3v) is 3.54. The maximum atomic E-state index is 5.28. The summed E-state index contributed by atoms with van der Waals surface area (Å²) in [6.07, 6.45) is 1.69. The van der Waals surface area contributed by atoms with Crippen molar-refractivity contribution in [1.82, 2.24) is 9.97 Å². The van der Waals surface area contributed by atoms with Gasteiger partial charge >= 0.3 is 0 Å². The molecule has 3 rings (SSSR count). The lowest BCUT2D eigenvalue weighted by Crippen LogP contribution is -1.99. The topological polar surface area (TPSA) is 68.6 Å². The lowest BCUT2D eigenvalue weighted by atomic mass is 10.2. The third kappa shape index (κ3) is 3.27. The highest BCUT2D eigenvalue weighted by atomic mass is 16.5. The quantitative estimate of drug-likeness (QED) is 0.576. The first-order chi connectivity index (χ1) is 11.7. The van der Waals surface area contributed by atoms with Crippen molar-refractivity contribution in [3.8, 4) is 11.5 Å². The van der Waals surface area contributed by atoms with Crippen molar-refractivity contribution in [2.45, 2.75) is 6.92 Å². The van der Waals surface area contributed by atoms with Gasteiger partial charge in [-0.2, -0.15) is 5.10 Å². The molecule has 0 bridgehead atoms. The lowest BCUT2D eigenvalue weighted by Gasteiger charge is -2.08. The smallest absolute Gasteiger partial charge is 0.168 e. The molecule has 1 heterocycles. The van der Waals surface area contributed by atoms with Crippen LogP contribution in [0.25, 0.3) is 11.0 Å². The normalized spacial score (nSPS) is 11.0. The van der Waals surface area contributed by atoms with Crippen molar-refractivity contribution in [2.24, 2.45) is 5.10 Å². The van der Waals surface area contributed by atoms with Gasteiger partial charge in [0, 0.05) is 0 Å². The number of nitrogens with one attached hydrogen (secondary N) is 1. The first kappa shape index (κ1) is 15.7. The van der Waals surface area contributed by atoms with Crippen LogP contribution in [0.5, 0.6) is 11.5 Å². The fourth-order valence-corrected chi connectivity index (χ4v) is 2.30. The lowest BCUT2D eigenvalue weighted by molar-refractivity contribution is 0.355. The molecule has 0 fully saturated rings. The van der Waals surface area contributed by atoms with Crippen LogP contribution in [0.4, 0.5) is 5.82 Å². The number of hydrogen-bond acceptors (Lipinski definition) is 6. The molecular weight excluding hydrogens is 304 g/mol. The molecule has 3 aromatic rings. The summed E-state index contributed by atoms with van der Waals surface area (Å²) in [6.45, 7) is 1.90. The van der Waals surface area contributed by atoms with E-state index in [1.807, 2.05) is 49.4 Å². The molecule has 24 heavy (non-hydrogen) atoms. The van der Waals surface area contributed by atoms with E-state index < -0.39 is 0 Å². The van der Waals surface area contributed by atoms with E-state index >= 15 is 0 Å². The number of fused-ring (bicyclic) bond motifs is 1. The largest absolute Gasteiger partial charge is 0.493 e. The number of anilines is 1. The van der Waals surface area contributed by atoms with Crippen LogP contribution >= 0.6 is 0 Å². The number of methoxy groups -OCH3 is 2. The monoisotopic (exact) mass is 322 g/mol. The first-order valence-electron chi connectivity index (χ1n) is 7.46. The third-order valence-electron chi connectivity index (χ3n) is 3.54. The molecule has 0 aliphatic rings. The second-order valence-electron chi connectivity index (χ2n) is 5.13. The number of rotatable bonds is 5. The minimum Gasteiger partial charge on any atom is -0.493 e. The Labute approximate surface area is 140 Å². The van der Waals surface area contributed by atoms with Crippen LogP contribution in [0.2, 0.25) is 0 Å². The Morgan fingerprint density at radius 1 is 0.958 bits per heavy atom. The molecule has 0 amide bonds. The van der Waals surface area contributed by atoms with Gasteiger partial charge in [0.15, 0.2) is 17.3 Å². The van der Waals surface area contributed by atoms with Crippen LogP contribution in [-0.2, 0) is 0 Å². The van der Waals surface area contributed by atoms with E-state index in [0.717, 1.165) is 22.3 Å². The number of para-hydroxylation sites is 2. The van der Waals surface area contributed by atoms with Gasteiger partial charge in [0.05, 0.1) is 37.2 Å². The minimum atomic E-state index is 0.630. The van der Waals surface area contributed by atoms with Gasteiger partial charge in [0.25, 0.3) is 0 Å². The van der Waals surface area contributed by atoms with Crippen LogP contribution < -0.4 is 14.9 Å². The average molecular weight is 322 g/mol. The number of aromatic nitrogens is 2. The second kappa shape index (κ2) is 6.95. The number of hydrazone groups is 1. The summed E-state index contributed by atoms with van der Waals surface area (Å²) in [6, 6.07) is 13.3. The Bertz CT molecular complexity index is 893. The molecular formula is C18H18N4O2. The highest BCUT2D eigenvalue weighted by molar-refractivity contribution is 5.82. The highest BCUT2D eigenvalue weighted by Gasteiger charge is 2.05. The molecule has 0 unspecified atom stereocenters. The van der Waals surface area contributed by atoms with Crippen LogP contribution in [-0.4, -0.2) is 30.4 Å². The van der Waals surface area contributed by atoms with Crippen molar-refractivity contribution in [2.75, 3.05) is 19.6 Å². The molecule has 0 radical (unpaired) electrons. The van der Waals surface area contributed by atoms with Crippen molar-refractivity contribution in [1.29, 1.82) is 0 Å². The van der Waals surface area contributed by atoms with Crippen molar-refractivity contribution in [3.05, 3.63) is 53.7 Å². The van der Waals surface area contributed by atoms with E-state index in [0.29, 0.717) is 17.3 Å². The van der Waals surface area contributed by atoms with E-state index in [2.05, 4.69) is 20.5 Å². The van der Waals surface area contributed by atoms with E-state index in [1.165, 1.54) is 0 Å². The zero-order valence-corrected chi connectivity index (χ0v) is 13.8. The maximum Gasteiger partial charge on any atom is 0.168 e. The molecule has 0 aliphatic carbocycles. The number of nitrogens with zero attached hydrogens (tertiary/aromatic N) is 3. The van der Waals surface area contributed by atoms with Gasteiger partial charge in [-0.1, -0.05) is 12.1 Å². The Morgan fingerprint density at radius 3 is 2.38 bits per heavy atom. The molecule has 122 valence electrons. The number of benzene rings is 2. The Hall–Kier alpha value is -3.15. The van der Waals surface area contributed by atoms with Crippen molar-refractivity contribution in [3.63, 3.8) is 0 Å². The molecule has 6 nitrogen and oxygen atoms in total. The summed E-state index contributed by atoms with van der Waals surface area (Å²) >= 11 is 0. The molecule has 0 aliphatic heterocycles. The number of aryl methyl sites for hydroxylation is 1. The molecule has 2 aromatic carbocycles. The van der Waals surface area contributed by atoms with Crippen LogP contribution in [0.15, 0.2) is 47.6 Å². The highest BCUT2D eigenvalue weighted by Crippen LogP contribution is 2.26. The van der Waals surface area contributed by atoms with Crippen LogP contribution in [0, 0.1) is 6.92 Å². The Kier molecular flexibility index (Phi) is 4.56. The zero-order chi connectivity index (χ0) is 16.9. The standard InChI is InChI=1S/C18H18N4O2/c1-12-18(21-15-7-5-4-6-14(15)20-12)22-19-11-13-8-9-16(23-2)17(10-13)24-3/h4-11H,1-3H3,(H,21,22)/b19-11-. The van der Waals surface area contributed by atoms with Gasteiger partial charge in [-0.3, -0.25) is 5.43 Å². The first-order valence-corrected chi connectivity index (χ1v) is 7.46. The van der Waals surface area contributed by atoms with Gasteiger partial charge in [-0.05, 0) is 42.8 Å². The van der Waals surface area contributed by atoms with E-state index in [1.54, 1.807) is 20.4 Å². The van der Waals surface area contributed by atoms with Gasteiger partial charge in [-0.15, -0.1) is 0 Å². The summed E-state index contributed by atoms with van der Waals surface area (Å²) in [5.41, 5.74) is 6.31. The average Bonchev–Trinajstić information content (AvgIpc) is 2.62. The molecule has 0 saturated carbocycles. The summed E-state index contributed by atoms with van der Waals surface area (Å²) < 4.78 is 10.5. The van der Waals surface area contributed by atoms with Gasteiger partial charge < -0.3 is 9.47 Å². The maximum absolute atomic E-state index is 5.28. The number of hydrogen-bond donors (Lipinski definition) is 1. The van der Waals surface area contributed by atoms with E-state index in [9.17, 15) is 0 Å². The summed E-state index contributed by atoms with van der Waals surface area (Å²) in [5, 5.41) is 4.24. The molecule has 1 aromatic heterocycles. The predicted molar refractivity (Wildman–Crippen MR) is 95.0 cm³/mol. The summed E-state index contributed by atoms with van der Waals surface area (Å²) in [5.74, 6) is 1.97. The van der Waals surface area contributed by atoms with Crippen molar-refractivity contribution >= 4 is 23.1 Å². The summed E-state index contributed by atoms with van der Waals surface area (Å²) in [4.78, 5) is 9.05. The van der Waals surface area contributed by atoms with Gasteiger partial charge in [0.1, 0.15) is 0 Å². The van der Waals surface area contributed by atoms with Crippen LogP contribution in [0.3, 0.4) is 0 Å². The van der Waals surface area contributed by atoms with E-state index in [4.69, 9.17) is 9.47 Å². The molecule has 6 heteroatoms. The minimum absolute atomic E-state index is 0.630. The Morgan fingerprint density at radius 2 is 1.67 bits per heavy atom. The summed E-state index contributed by atoms with van der Waals surface area (Å²) in [7, 11) is 3.21. The van der Waals surface area contributed by atoms with Gasteiger partial charge in [-0.25, -0.2) is 9.97 Å². The molecule has 0 saturated heterocycles. The molecule has 0 spiro atoms. The van der Waals surface area contributed by atoms with Gasteiger partial charge in [0.2, 0.25) is 0 Å². The van der Waals surface area contributed by atoms with Crippen molar-refractivity contribution < 1.29 is 9.47 Å². The molecule has 0 atom stereocenters. The fraction of sp³-hybridized carbons (Fsp3) is 0.167.